The SMILES string of the molecule is CN[C@H](CN1CC[C@@H](O)C1)c1cccc(-c2ncc(C)s2)c1. The van der Waals surface area contributed by atoms with E-state index in [1.54, 1.807) is 11.3 Å². The Morgan fingerprint density at radius 1 is 1.50 bits per heavy atom. The van der Waals surface area contributed by atoms with Crippen molar-refractivity contribution < 1.29 is 5.11 Å². The van der Waals surface area contributed by atoms with E-state index in [0.717, 1.165) is 31.1 Å². The third-order valence-electron chi connectivity index (χ3n) is 4.19. The molecule has 0 amide bonds. The molecular weight excluding hydrogens is 294 g/mol. The summed E-state index contributed by atoms with van der Waals surface area (Å²) in [6.07, 6.45) is 2.64. The molecule has 2 N–H and O–H groups in total. The van der Waals surface area contributed by atoms with Crippen molar-refractivity contribution in [3.63, 3.8) is 0 Å². The summed E-state index contributed by atoms with van der Waals surface area (Å²) in [6.45, 7) is 4.77. The molecule has 3 rings (SSSR count). The van der Waals surface area contributed by atoms with Crippen LogP contribution in [0, 0.1) is 6.92 Å². The number of hydrogen-bond acceptors (Lipinski definition) is 5. The van der Waals surface area contributed by atoms with Crippen LogP contribution in [0.1, 0.15) is 22.9 Å². The van der Waals surface area contributed by atoms with Gasteiger partial charge in [0.2, 0.25) is 0 Å². The predicted molar refractivity (Wildman–Crippen MR) is 91.2 cm³/mol. The van der Waals surface area contributed by atoms with E-state index in [4.69, 9.17) is 0 Å². The van der Waals surface area contributed by atoms with Gasteiger partial charge in [-0.15, -0.1) is 11.3 Å². The number of aryl methyl sites for hydroxylation is 1. The van der Waals surface area contributed by atoms with Crippen LogP contribution in [0.15, 0.2) is 30.5 Å². The van der Waals surface area contributed by atoms with Crippen LogP contribution in [0.3, 0.4) is 0 Å². The van der Waals surface area contributed by atoms with Crippen molar-refractivity contribution in [2.45, 2.75) is 25.5 Å². The fourth-order valence-corrected chi connectivity index (χ4v) is 3.74. The van der Waals surface area contributed by atoms with Crippen LogP contribution in [0.2, 0.25) is 0 Å². The zero-order chi connectivity index (χ0) is 15.5. The molecule has 5 heteroatoms. The van der Waals surface area contributed by atoms with Gasteiger partial charge in [0.1, 0.15) is 5.01 Å². The van der Waals surface area contributed by atoms with E-state index < -0.39 is 0 Å². The second-order valence-corrected chi connectivity index (χ2v) is 7.18. The number of nitrogens with zero attached hydrogens (tertiary/aromatic N) is 2. The highest BCUT2D eigenvalue weighted by Crippen LogP contribution is 2.27. The standard InChI is InChI=1S/C17H23N3OS/c1-12-9-19-17(22-12)14-5-3-4-13(8-14)16(18-2)11-20-7-6-15(21)10-20/h3-5,8-9,15-16,18,21H,6-7,10-11H2,1-2H3/t15-,16-/m1/s1. The molecule has 22 heavy (non-hydrogen) atoms. The van der Waals surface area contributed by atoms with Crippen LogP contribution < -0.4 is 5.32 Å². The van der Waals surface area contributed by atoms with Gasteiger partial charge in [-0.05, 0) is 32.0 Å². The zero-order valence-electron chi connectivity index (χ0n) is 13.1. The van der Waals surface area contributed by atoms with Crippen molar-refractivity contribution in [3.05, 3.63) is 40.9 Å². The summed E-state index contributed by atoms with van der Waals surface area (Å²) in [6, 6.07) is 8.88. The Kier molecular flexibility index (Phi) is 4.88. The van der Waals surface area contributed by atoms with Gasteiger partial charge < -0.3 is 10.4 Å². The van der Waals surface area contributed by atoms with E-state index >= 15 is 0 Å². The number of likely N-dealkylation sites (tertiary alicyclic amines) is 1. The first-order chi connectivity index (χ1) is 10.7. The average Bonchev–Trinajstić information content (AvgIpc) is 3.13. The molecule has 1 aliphatic heterocycles. The molecule has 1 saturated heterocycles. The van der Waals surface area contributed by atoms with Gasteiger partial charge in [0.25, 0.3) is 0 Å². The van der Waals surface area contributed by atoms with Crippen LogP contribution in [0.4, 0.5) is 0 Å². The lowest BCUT2D eigenvalue weighted by molar-refractivity contribution is 0.173. The van der Waals surface area contributed by atoms with Crippen molar-refractivity contribution in [2.75, 3.05) is 26.7 Å². The van der Waals surface area contributed by atoms with Crippen molar-refractivity contribution >= 4 is 11.3 Å². The van der Waals surface area contributed by atoms with Gasteiger partial charge in [-0.25, -0.2) is 4.98 Å². The monoisotopic (exact) mass is 317 g/mol. The van der Waals surface area contributed by atoms with Gasteiger partial charge in [-0.1, -0.05) is 18.2 Å². The molecular formula is C17H23N3OS. The number of aliphatic hydroxyl groups is 1. The van der Waals surface area contributed by atoms with Gasteiger partial charge in [0, 0.05) is 42.3 Å². The van der Waals surface area contributed by atoms with E-state index in [9.17, 15) is 5.11 Å². The summed E-state index contributed by atoms with van der Waals surface area (Å²) in [5.74, 6) is 0. The highest BCUT2D eigenvalue weighted by Gasteiger charge is 2.23. The number of β-amino-alcohol motifs (C(OH)–C–C–N with tert-alkyl or cyclic N) is 1. The molecule has 2 atom stereocenters. The van der Waals surface area contributed by atoms with Crippen molar-refractivity contribution in [3.8, 4) is 10.6 Å². The molecule has 118 valence electrons. The minimum Gasteiger partial charge on any atom is -0.392 e. The maximum atomic E-state index is 9.68. The fourth-order valence-electron chi connectivity index (χ4n) is 2.98. The Bertz CT molecular complexity index is 628. The van der Waals surface area contributed by atoms with E-state index in [0.29, 0.717) is 0 Å². The van der Waals surface area contributed by atoms with Crippen LogP contribution >= 0.6 is 11.3 Å². The van der Waals surface area contributed by atoms with Gasteiger partial charge in [0.15, 0.2) is 0 Å². The predicted octanol–water partition coefficient (Wildman–Crippen LogP) is 2.45. The lowest BCUT2D eigenvalue weighted by Gasteiger charge is -2.23. The number of aromatic nitrogens is 1. The van der Waals surface area contributed by atoms with E-state index in [-0.39, 0.29) is 12.1 Å². The Balaban J connectivity index is 1.77. The number of rotatable bonds is 5. The molecule has 4 nitrogen and oxygen atoms in total. The number of thiazole rings is 1. The van der Waals surface area contributed by atoms with Crippen molar-refractivity contribution in [1.82, 2.24) is 15.2 Å². The average molecular weight is 317 g/mol. The molecule has 2 aromatic rings. The number of benzene rings is 1. The lowest BCUT2D eigenvalue weighted by atomic mass is 10.0. The minimum absolute atomic E-state index is 0.165. The van der Waals surface area contributed by atoms with Crippen LogP contribution in [0.5, 0.6) is 0 Å². The Hall–Kier alpha value is -1.27. The summed E-state index contributed by atoms with van der Waals surface area (Å²) < 4.78 is 0. The third kappa shape index (κ3) is 3.55. The topological polar surface area (TPSA) is 48.4 Å². The molecule has 0 aliphatic carbocycles. The number of aliphatic hydroxyl groups excluding tert-OH is 1. The minimum atomic E-state index is -0.165. The van der Waals surface area contributed by atoms with E-state index in [1.807, 2.05) is 13.2 Å². The van der Waals surface area contributed by atoms with Gasteiger partial charge in [-0.2, -0.15) is 0 Å². The summed E-state index contributed by atoms with van der Waals surface area (Å²) in [5.41, 5.74) is 2.45. The highest BCUT2D eigenvalue weighted by molar-refractivity contribution is 7.14. The molecule has 1 aromatic heterocycles. The highest BCUT2D eigenvalue weighted by atomic mass is 32.1. The second-order valence-electron chi connectivity index (χ2n) is 5.94. The lowest BCUT2D eigenvalue weighted by Crippen LogP contribution is -2.33. The normalized spacial score (nSPS) is 20.4. The number of nitrogens with one attached hydrogen (secondary N) is 1. The van der Waals surface area contributed by atoms with E-state index in [1.165, 1.54) is 16.0 Å². The van der Waals surface area contributed by atoms with Gasteiger partial charge >= 0.3 is 0 Å². The van der Waals surface area contributed by atoms with Gasteiger partial charge in [-0.3, -0.25) is 4.90 Å². The second kappa shape index (κ2) is 6.87. The first-order valence-electron chi connectivity index (χ1n) is 7.76. The molecule has 1 aromatic carbocycles. The Labute approximate surface area is 135 Å². The summed E-state index contributed by atoms with van der Waals surface area (Å²) >= 11 is 1.73. The van der Waals surface area contributed by atoms with E-state index in [2.05, 4.69) is 46.4 Å². The maximum Gasteiger partial charge on any atom is 0.123 e. The van der Waals surface area contributed by atoms with Crippen LogP contribution in [-0.2, 0) is 0 Å². The smallest absolute Gasteiger partial charge is 0.123 e. The van der Waals surface area contributed by atoms with Crippen molar-refractivity contribution in [2.24, 2.45) is 0 Å². The first-order valence-corrected chi connectivity index (χ1v) is 8.58. The molecule has 2 heterocycles. The maximum absolute atomic E-state index is 9.68. The molecule has 0 unspecified atom stereocenters. The third-order valence-corrected chi connectivity index (χ3v) is 5.16. The van der Waals surface area contributed by atoms with Crippen LogP contribution in [-0.4, -0.2) is 47.8 Å². The molecule has 1 aliphatic rings. The Morgan fingerprint density at radius 2 is 2.36 bits per heavy atom. The number of hydrogen-bond donors (Lipinski definition) is 2. The molecule has 0 radical (unpaired) electrons. The van der Waals surface area contributed by atoms with Crippen LogP contribution in [0.25, 0.3) is 10.6 Å². The number of likely N-dealkylation sites (N-methyl/N-ethyl adjacent to an activating group) is 1. The summed E-state index contributed by atoms with van der Waals surface area (Å²) in [5, 5.41) is 14.2. The molecule has 0 saturated carbocycles. The largest absolute Gasteiger partial charge is 0.392 e. The molecule has 0 bridgehead atoms. The molecule has 0 spiro atoms. The zero-order valence-corrected chi connectivity index (χ0v) is 13.9. The molecule has 1 fully saturated rings. The quantitative estimate of drug-likeness (QED) is 0.889. The first kappa shape index (κ1) is 15.6. The van der Waals surface area contributed by atoms with Gasteiger partial charge in [0.05, 0.1) is 6.10 Å². The summed E-state index contributed by atoms with van der Waals surface area (Å²) in [4.78, 5) is 8.04. The summed E-state index contributed by atoms with van der Waals surface area (Å²) in [7, 11) is 2.00. The fraction of sp³-hybridized carbons (Fsp3) is 0.471. The van der Waals surface area contributed by atoms with Crippen molar-refractivity contribution in [1.29, 1.82) is 0 Å². The Morgan fingerprint density at radius 3 is 3.00 bits per heavy atom.